The van der Waals surface area contributed by atoms with Gasteiger partial charge < -0.3 is 10.3 Å². The maximum absolute atomic E-state index is 4.54. The van der Waals surface area contributed by atoms with E-state index in [4.69, 9.17) is 0 Å². The number of hydrogen-bond donors (Lipinski definition) is 2. The fourth-order valence-corrected chi connectivity index (χ4v) is 4.04. The third-order valence-corrected chi connectivity index (χ3v) is 5.47. The van der Waals surface area contributed by atoms with E-state index in [1.165, 1.54) is 11.8 Å². The third kappa shape index (κ3) is 3.27. The number of thioether (sulfide) groups is 1. The van der Waals surface area contributed by atoms with Crippen LogP contribution in [-0.4, -0.2) is 42.9 Å². The number of aromatic nitrogens is 6. The highest BCUT2D eigenvalue weighted by atomic mass is 32.2. The first-order chi connectivity index (χ1) is 10.3. The van der Waals surface area contributed by atoms with E-state index >= 15 is 0 Å². The van der Waals surface area contributed by atoms with Crippen LogP contribution < -0.4 is 5.32 Å². The van der Waals surface area contributed by atoms with E-state index < -0.39 is 0 Å². The molecule has 0 bridgehead atoms. The van der Waals surface area contributed by atoms with Crippen molar-refractivity contribution in [3.8, 4) is 0 Å². The summed E-state index contributed by atoms with van der Waals surface area (Å²) in [4.78, 5) is 16.2. The molecule has 2 N–H and O–H groups in total. The molecule has 10 heteroatoms. The van der Waals surface area contributed by atoms with Gasteiger partial charge in [-0.25, -0.2) is 9.97 Å². The lowest BCUT2D eigenvalue weighted by atomic mass is 10.5. The predicted octanol–water partition coefficient (Wildman–Crippen LogP) is 2.90. The Balaban J connectivity index is 1.93. The van der Waals surface area contributed by atoms with E-state index in [1.54, 1.807) is 29.4 Å². The zero-order chi connectivity index (χ0) is 14.7. The fourth-order valence-electron chi connectivity index (χ4n) is 1.60. The van der Waals surface area contributed by atoms with Crippen LogP contribution in [-0.2, 0) is 0 Å². The van der Waals surface area contributed by atoms with E-state index in [0.29, 0.717) is 11.6 Å². The maximum atomic E-state index is 4.54. The topological polar surface area (TPSA) is 92.3 Å². The number of nitrogens with zero attached hydrogens (tertiary/aromatic N) is 5. The van der Waals surface area contributed by atoms with Crippen LogP contribution in [0.4, 0.5) is 5.95 Å². The lowest BCUT2D eigenvalue weighted by molar-refractivity contribution is 0.939. The molecule has 0 amide bonds. The van der Waals surface area contributed by atoms with Crippen molar-refractivity contribution in [3.05, 3.63) is 6.33 Å². The first kappa shape index (κ1) is 14.5. The van der Waals surface area contributed by atoms with Crippen molar-refractivity contribution in [3.63, 3.8) is 0 Å². The van der Waals surface area contributed by atoms with Gasteiger partial charge in [0.05, 0.1) is 6.33 Å². The minimum atomic E-state index is 0.591. The second kappa shape index (κ2) is 6.58. The van der Waals surface area contributed by atoms with Crippen molar-refractivity contribution in [1.29, 1.82) is 0 Å². The Bertz CT molecular complexity index is 738. The van der Waals surface area contributed by atoms with Crippen molar-refractivity contribution >= 4 is 52.0 Å². The second-order valence-corrected chi connectivity index (χ2v) is 7.29. The molecule has 0 aliphatic heterocycles. The minimum absolute atomic E-state index is 0.591. The van der Waals surface area contributed by atoms with Gasteiger partial charge in [-0.2, -0.15) is 4.98 Å². The van der Waals surface area contributed by atoms with Crippen LogP contribution in [0.3, 0.4) is 0 Å². The molecule has 3 heterocycles. The van der Waals surface area contributed by atoms with Crippen molar-refractivity contribution in [1.82, 2.24) is 30.1 Å². The molecule has 110 valence electrons. The number of nitrogens with one attached hydrogen (secondary N) is 2. The largest absolute Gasteiger partial charge is 0.354 e. The van der Waals surface area contributed by atoms with Gasteiger partial charge in [0.25, 0.3) is 0 Å². The summed E-state index contributed by atoms with van der Waals surface area (Å²) < 4.78 is 1.80. The van der Waals surface area contributed by atoms with Gasteiger partial charge >= 0.3 is 0 Å². The summed E-state index contributed by atoms with van der Waals surface area (Å²) >= 11 is 4.61. The van der Waals surface area contributed by atoms with Gasteiger partial charge in [-0.15, -0.1) is 10.2 Å². The lowest BCUT2D eigenvalue weighted by Crippen LogP contribution is -2.05. The molecule has 21 heavy (non-hydrogen) atoms. The number of anilines is 1. The summed E-state index contributed by atoms with van der Waals surface area (Å²) in [6, 6.07) is 0. The fraction of sp³-hybridized carbons (Fsp3) is 0.364. The first-order valence-corrected chi connectivity index (χ1v) is 9.16. The Kier molecular flexibility index (Phi) is 4.56. The minimum Gasteiger partial charge on any atom is -0.354 e. The molecule has 0 saturated carbocycles. The Morgan fingerprint density at radius 3 is 2.90 bits per heavy atom. The van der Waals surface area contributed by atoms with Crippen LogP contribution in [0.2, 0.25) is 0 Å². The van der Waals surface area contributed by atoms with Gasteiger partial charge in [0.15, 0.2) is 14.3 Å². The molecular formula is C11H13N7S3. The van der Waals surface area contributed by atoms with Gasteiger partial charge in [-0.1, -0.05) is 30.0 Å². The number of rotatable bonds is 6. The second-order valence-electron chi connectivity index (χ2n) is 4.02. The highest BCUT2D eigenvalue weighted by molar-refractivity contribution is 8.03. The average molecular weight is 339 g/mol. The summed E-state index contributed by atoms with van der Waals surface area (Å²) in [6.07, 6.45) is 4.62. The highest BCUT2D eigenvalue weighted by Gasteiger charge is 2.14. The van der Waals surface area contributed by atoms with Gasteiger partial charge in [-0.3, -0.25) is 0 Å². The van der Waals surface area contributed by atoms with Crippen LogP contribution in [0, 0.1) is 0 Å². The number of H-pyrrole nitrogens is 1. The van der Waals surface area contributed by atoms with Crippen molar-refractivity contribution in [2.45, 2.75) is 27.0 Å². The monoisotopic (exact) mass is 339 g/mol. The molecule has 3 aromatic rings. The SMILES string of the molecule is CCCNc1nc(Sc2nnc(SC)s2)c2[nH]cnc2n1. The van der Waals surface area contributed by atoms with E-state index in [-0.39, 0.29) is 0 Å². The number of aromatic amines is 1. The molecule has 0 unspecified atom stereocenters. The molecular weight excluding hydrogens is 326 g/mol. The molecule has 0 atom stereocenters. The molecule has 0 fully saturated rings. The van der Waals surface area contributed by atoms with E-state index in [2.05, 4.69) is 42.4 Å². The van der Waals surface area contributed by atoms with E-state index in [1.807, 2.05) is 6.26 Å². The Hall–Kier alpha value is -1.39. The Morgan fingerprint density at radius 2 is 2.14 bits per heavy atom. The van der Waals surface area contributed by atoms with Crippen LogP contribution in [0.5, 0.6) is 0 Å². The quantitative estimate of drug-likeness (QED) is 0.523. The summed E-state index contributed by atoms with van der Waals surface area (Å²) in [7, 11) is 0. The highest BCUT2D eigenvalue weighted by Crippen LogP contribution is 2.34. The van der Waals surface area contributed by atoms with Crippen LogP contribution in [0.1, 0.15) is 13.3 Å². The Labute approximate surface area is 133 Å². The van der Waals surface area contributed by atoms with Crippen LogP contribution in [0.25, 0.3) is 11.2 Å². The molecule has 0 radical (unpaired) electrons. The van der Waals surface area contributed by atoms with Gasteiger partial charge in [0.1, 0.15) is 10.5 Å². The zero-order valence-electron chi connectivity index (χ0n) is 11.5. The van der Waals surface area contributed by atoms with Gasteiger partial charge in [0.2, 0.25) is 5.95 Å². The van der Waals surface area contributed by atoms with Gasteiger partial charge in [0, 0.05) is 6.54 Å². The normalized spacial score (nSPS) is 11.1. The number of imidazole rings is 1. The molecule has 0 spiro atoms. The van der Waals surface area contributed by atoms with Crippen molar-refractivity contribution in [2.75, 3.05) is 18.1 Å². The summed E-state index contributed by atoms with van der Waals surface area (Å²) in [5, 5.41) is 12.3. The molecule has 0 aromatic carbocycles. The third-order valence-electron chi connectivity index (χ3n) is 2.53. The van der Waals surface area contributed by atoms with Crippen LogP contribution in [0.15, 0.2) is 20.0 Å². The molecule has 0 saturated heterocycles. The summed E-state index contributed by atoms with van der Waals surface area (Å²) in [5.74, 6) is 0.591. The lowest BCUT2D eigenvalue weighted by Gasteiger charge is -2.05. The molecule has 0 aliphatic rings. The summed E-state index contributed by atoms with van der Waals surface area (Å²) in [6.45, 7) is 2.93. The average Bonchev–Trinajstić information content (AvgIpc) is 3.13. The van der Waals surface area contributed by atoms with Crippen molar-refractivity contribution in [2.24, 2.45) is 0 Å². The Morgan fingerprint density at radius 1 is 1.29 bits per heavy atom. The van der Waals surface area contributed by atoms with E-state index in [9.17, 15) is 0 Å². The van der Waals surface area contributed by atoms with Gasteiger partial charge in [-0.05, 0) is 24.4 Å². The summed E-state index contributed by atoms with van der Waals surface area (Å²) in [5.41, 5.74) is 1.48. The van der Waals surface area contributed by atoms with Crippen molar-refractivity contribution < 1.29 is 0 Å². The van der Waals surface area contributed by atoms with E-state index in [0.717, 1.165) is 32.2 Å². The molecule has 3 aromatic heterocycles. The molecule has 7 nitrogen and oxygen atoms in total. The number of fused-ring (bicyclic) bond motifs is 1. The zero-order valence-corrected chi connectivity index (χ0v) is 13.9. The number of hydrogen-bond acceptors (Lipinski definition) is 9. The maximum Gasteiger partial charge on any atom is 0.225 e. The smallest absolute Gasteiger partial charge is 0.225 e. The van der Waals surface area contributed by atoms with Crippen LogP contribution >= 0.6 is 34.9 Å². The standard InChI is InChI=1S/C11H13N7S3/c1-3-4-12-9-15-7-6(13-5-14-7)8(16-9)20-11-18-17-10(19-2)21-11/h5H,3-4H2,1-2H3,(H2,12,13,14,15,16). The predicted molar refractivity (Wildman–Crippen MR) is 86.3 cm³/mol. The molecule has 3 rings (SSSR count). The first-order valence-electron chi connectivity index (χ1n) is 6.30. The molecule has 0 aliphatic carbocycles.